The van der Waals surface area contributed by atoms with Crippen LogP contribution < -0.4 is 10.6 Å². The third-order valence-electron chi connectivity index (χ3n) is 5.75. The van der Waals surface area contributed by atoms with Gasteiger partial charge in [-0.2, -0.15) is 0 Å². The highest BCUT2D eigenvalue weighted by atomic mass is 15.0. The summed E-state index contributed by atoms with van der Waals surface area (Å²) in [7, 11) is 0. The molecule has 5 rings (SSSR count). The summed E-state index contributed by atoms with van der Waals surface area (Å²) in [6.45, 7) is 5.40. The molecule has 0 amide bonds. The van der Waals surface area contributed by atoms with E-state index in [0.29, 0.717) is 0 Å². The van der Waals surface area contributed by atoms with Crippen LogP contribution in [-0.2, 0) is 6.54 Å². The van der Waals surface area contributed by atoms with Crippen molar-refractivity contribution in [3.8, 4) is 11.1 Å². The van der Waals surface area contributed by atoms with Crippen LogP contribution in [0.3, 0.4) is 0 Å². The van der Waals surface area contributed by atoms with Gasteiger partial charge in [0.1, 0.15) is 0 Å². The van der Waals surface area contributed by atoms with Gasteiger partial charge < -0.3 is 4.57 Å². The molecule has 0 saturated carbocycles. The van der Waals surface area contributed by atoms with Crippen molar-refractivity contribution in [2.24, 2.45) is 5.41 Å². The molecule has 1 aliphatic rings. The zero-order chi connectivity index (χ0) is 19.8. The molecule has 0 unspecified atom stereocenters. The van der Waals surface area contributed by atoms with Crippen molar-refractivity contribution in [3.63, 3.8) is 0 Å². The molecule has 0 radical (unpaired) electrons. The van der Waals surface area contributed by atoms with Gasteiger partial charge in [0.2, 0.25) is 0 Å². The van der Waals surface area contributed by atoms with E-state index in [9.17, 15) is 0 Å². The largest absolute Gasteiger partial charge is 0.336 e. The molecule has 0 saturated heterocycles. The van der Waals surface area contributed by atoms with Gasteiger partial charge in [-0.1, -0.05) is 111 Å². The zero-order valence-electron chi connectivity index (χ0n) is 17.0. The first-order valence-electron chi connectivity index (χ1n) is 10.2. The fraction of sp³-hybridized carbons (Fsp3) is 0.143. The smallest absolute Gasteiger partial charge is 0.0494 e. The van der Waals surface area contributed by atoms with E-state index in [0.717, 1.165) is 6.54 Å². The van der Waals surface area contributed by atoms with Crippen molar-refractivity contribution in [1.82, 2.24) is 4.57 Å². The summed E-state index contributed by atoms with van der Waals surface area (Å²) in [6, 6.07) is 28.3. The SMILES string of the molecule is CC1(C)C=CC=c2c(n(Cc3ccc(-c4ccccc4)cc3)c3ccccc23)=C1. The van der Waals surface area contributed by atoms with Crippen LogP contribution in [0.15, 0.2) is 91.0 Å². The van der Waals surface area contributed by atoms with E-state index in [1.54, 1.807) is 0 Å². The van der Waals surface area contributed by atoms with Gasteiger partial charge in [-0.25, -0.2) is 0 Å². The molecule has 0 atom stereocenters. The minimum absolute atomic E-state index is 0.0328. The first-order valence-corrected chi connectivity index (χ1v) is 10.2. The van der Waals surface area contributed by atoms with E-state index in [1.807, 2.05) is 0 Å². The predicted octanol–water partition coefficient (Wildman–Crippen LogP) is 5.51. The number of benzene rings is 3. The van der Waals surface area contributed by atoms with Crippen LogP contribution in [0.2, 0.25) is 0 Å². The topological polar surface area (TPSA) is 4.93 Å². The predicted molar refractivity (Wildman–Crippen MR) is 124 cm³/mol. The molecule has 0 N–H and O–H groups in total. The number of aromatic nitrogens is 1. The summed E-state index contributed by atoms with van der Waals surface area (Å²) in [5, 5.41) is 3.96. The number of rotatable bonds is 3. The first-order chi connectivity index (χ1) is 14.1. The Hall–Kier alpha value is -3.32. The summed E-state index contributed by atoms with van der Waals surface area (Å²) < 4.78 is 2.47. The standard InChI is InChI=1S/C28H25N/c1-28(2)18-8-12-25-24-11-6-7-13-26(24)29(27(25)19-28)20-21-14-16-23(17-15-21)22-9-4-3-5-10-22/h3-19H,20H2,1-2H3. The second-order valence-electron chi connectivity index (χ2n) is 8.46. The maximum Gasteiger partial charge on any atom is 0.0494 e. The van der Waals surface area contributed by atoms with Crippen LogP contribution >= 0.6 is 0 Å². The van der Waals surface area contributed by atoms with Crippen LogP contribution in [-0.4, -0.2) is 4.57 Å². The summed E-state index contributed by atoms with van der Waals surface area (Å²) in [5.41, 5.74) is 5.16. The molecule has 0 fully saturated rings. The van der Waals surface area contributed by atoms with Crippen molar-refractivity contribution in [1.29, 1.82) is 0 Å². The number of allylic oxidation sites excluding steroid dienone is 2. The second-order valence-corrected chi connectivity index (χ2v) is 8.46. The summed E-state index contributed by atoms with van der Waals surface area (Å²) in [5.74, 6) is 0. The van der Waals surface area contributed by atoms with Gasteiger partial charge in [-0.15, -0.1) is 0 Å². The van der Waals surface area contributed by atoms with Crippen LogP contribution in [0.5, 0.6) is 0 Å². The lowest BCUT2D eigenvalue weighted by Crippen LogP contribution is -2.31. The van der Waals surface area contributed by atoms with Gasteiger partial charge in [0.05, 0.1) is 0 Å². The van der Waals surface area contributed by atoms with Gasteiger partial charge in [0.15, 0.2) is 0 Å². The Morgan fingerprint density at radius 2 is 1.45 bits per heavy atom. The molecule has 0 bridgehead atoms. The van der Waals surface area contributed by atoms with Gasteiger partial charge in [0, 0.05) is 33.4 Å². The lowest BCUT2D eigenvalue weighted by Gasteiger charge is -2.14. The average molecular weight is 376 g/mol. The molecule has 1 heterocycles. The minimum Gasteiger partial charge on any atom is -0.336 e. The van der Waals surface area contributed by atoms with E-state index in [1.165, 1.54) is 38.2 Å². The molecule has 29 heavy (non-hydrogen) atoms. The summed E-state index contributed by atoms with van der Waals surface area (Å²) in [6.07, 6.45) is 9.15. The summed E-state index contributed by atoms with van der Waals surface area (Å²) in [4.78, 5) is 0. The van der Waals surface area contributed by atoms with Crippen molar-refractivity contribution in [2.75, 3.05) is 0 Å². The fourth-order valence-electron chi connectivity index (χ4n) is 4.26. The van der Waals surface area contributed by atoms with Gasteiger partial charge in [-0.05, 0) is 22.8 Å². The molecule has 1 heteroatoms. The Morgan fingerprint density at radius 3 is 2.24 bits per heavy atom. The normalized spacial score (nSPS) is 14.7. The number of nitrogens with zero attached hydrogens (tertiary/aromatic N) is 1. The van der Waals surface area contributed by atoms with Crippen molar-refractivity contribution in [3.05, 3.63) is 107 Å². The third kappa shape index (κ3) is 3.34. The van der Waals surface area contributed by atoms with Crippen LogP contribution in [0, 0.1) is 5.41 Å². The first kappa shape index (κ1) is 17.8. The zero-order valence-corrected chi connectivity index (χ0v) is 17.0. The molecule has 3 aromatic carbocycles. The molecule has 1 aromatic heterocycles. The van der Waals surface area contributed by atoms with E-state index in [4.69, 9.17) is 0 Å². The lowest BCUT2D eigenvalue weighted by molar-refractivity contribution is 0.662. The maximum atomic E-state index is 2.47. The molecule has 1 aliphatic carbocycles. The van der Waals surface area contributed by atoms with E-state index < -0.39 is 0 Å². The number of hydrogen-bond donors (Lipinski definition) is 0. The molecule has 4 aromatic rings. The Morgan fingerprint density at radius 1 is 0.759 bits per heavy atom. The average Bonchev–Trinajstić information content (AvgIpc) is 2.90. The maximum absolute atomic E-state index is 2.47. The molecular weight excluding hydrogens is 350 g/mol. The van der Waals surface area contributed by atoms with Crippen molar-refractivity contribution in [2.45, 2.75) is 20.4 Å². The number of para-hydroxylation sites is 1. The van der Waals surface area contributed by atoms with Gasteiger partial charge in [0.25, 0.3) is 0 Å². The van der Waals surface area contributed by atoms with E-state index in [-0.39, 0.29) is 5.41 Å². The van der Waals surface area contributed by atoms with Crippen LogP contribution in [0.4, 0.5) is 0 Å². The van der Waals surface area contributed by atoms with E-state index >= 15 is 0 Å². The Labute approximate surface area is 171 Å². The molecule has 1 nitrogen and oxygen atoms in total. The molecule has 142 valence electrons. The van der Waals surface area contributed by atoms with Crippen LogP contribution in [0.25, 0.3) is 34.2 Å². The highest BCUT2D eigenvalue weighted by Gasteiger charge is 2.15. The van der Waals surface area contributed by atoms with Gasteiger partial charge >= 0.3 is 0 Å². The van der Waals surface area contributed by atoms with E-state index in [2.05, 4.69) is 122 Å². The highest BCUT2D eigenvalue weighted by molar-refractivity contribution is 5.83. The molecular formula is C28H25N. The Bertz CT molecular complexity index is 1320. The monoisotopic (exact) mass is 375 g/mol. The second kappa shape index (κ2) is 6.93. The van der Waals surface area contributed by atoms with Crippen LogP contribution in [0.1, 0.15) is 19.4 Å². The fourth-order valence-corrected chi connectivity index (χ4v) is 4.26. The Balaban J connectivity index is 1.62. The van der Waals surface area contributed by atoms with Crippen molar-refractivity contribution < 1.29 is 0 Å². The summed E-state index contributed by atoms with van der Waals surface area (Å²) >= 11 is 0. The quantitative estimate of drug-likeness (QED) is 0.445. The third-order valence-corrected chi connectivity index (χ3v) is 5.75. The number of fused-ring (bicyclic) bond motifs is 3. The Kier molecular flexibility index (Phi) is 4.24. The highest BCUT2D eigenvalue weighted by Crippen LogP contribution is 2.22. The van der Waals surface area contributed by atoms with Crippen molar-refractivity contribution >= 4 is 23.1 Å². The lowest BCUT2D eigenvalue weighted by atomic mass is 9.93. The van der Waals surface area contributed by atoms with Gasteiger partial charge in [-0.3, -0.25) is 0 Å². The minimum atomic E-state index is 0.0328. The molecule has 0 aliphatic heterocycles. The number of hydrogen-bond acceptors (Lipinski definition) is 0. The molecule has 0 spiro atoms.